The number of hydrogen-bond acceptors (Lipinski definition) is 7. The minimum Gasteiger partial charge on any atom is -0.495 e. The summed E-state index contributed by atoms with van der Waals surface area (Å²) in [6, 6.07) is 8.91. The fraction of sp³-hybridized carbons (Fsp3) is 0.316. The number of hydrogen-bond donors (Lipinski definition) is 1. The van der Waals surface area contributed by atoms with Gasteiger partial charge in [-0.05, 0) is 43.2 Å². The molecule has 3 aromatic rings. The number of benzene rings is 1. The second kappa shape index (κ2) is 8.44. The lowest BCUT2D eigenvalue weighted by atomic mass is 9.97. The summed E-state index contributed by atoms with van der Waals surface area (Å²) in [5.74, 6) is 1.71. The fourth-order valence-corrected chi connectivity index (χ4v) is 3.58. The van der Waals surface area contributed by atoms with Crippen LogP contribution in [0, 0.1) is 5.92 Å². The summed E-state index contributed by atoms with van der Waals surface area (Å²) >= 11 is 6.14. The number of methoxy groups -OCH3 is 1. The summed E-state index contributed by atoms with van der Waals surface area (Å²) in [4.78, 5) is 18.7. The van der Waals surface area contributed by atoms with Crippen LogP contribution < -0.4 is 15.0 Å². The summed E-state index contributed by atoms with van der Waals surface area (Å²) in [5.41, 5.74) is 0.648. The van der Waals surface area contributed by atoms with E-state index in [0.717, 1.165) is 25.2 Å². The molecule has 9 nitrogen and oxygen atoms in total. The Kier molecular flexibility index (Phi) is 5.57. The highest BCUT2D eigenvalue weighted by atomic mass is 35.5. The third-order valence-electron chi connectivity index (χ3n) is 4.83. The van der Waals surface area contributed by atoms with Gasteiger partial charge in [0.15, 0.2) is 11.6 Å². The Morgan fingerprint density at radius 3 is 2.76 bits per heavy atom. The van der Waals surface area contributed by atoms with Gasteiger partial charge in [-0.3, -0.25) is 4.79 Å². The van der Waals surface area contributed by atoms with E-state index in [0.29, 0.717) is 28.8 Å². The van der Waals surface area contributed by atoms with E-state index in [2.05, 4.69) is 30.5 Å². The Hall–Kier alpha value is -3.20. The maximum absolute atomic E-state index is 12.8. The topological polar surface area (TPSA) is 98.1 Å². The first-order chi connectivity index (χ1) is 14.1. The van der Waals surface area contributed by atoms with Gasteiger partial charge in [0.2, 0.25) is 5.91 Å². The molecule has 0 aliphatic carbocycles. The van der Waals surface area contributed by atoms with Crippen molar-refractivity contribution >= 4 is 29.0 Å². The Balaban J connectivity index is 1.41. The monoisotopic (exact) mass is 413 g/mol. The molecule has 3 heterocycles. The van der Waals surface area contributed by atoms with Gasteiger partial charge in [0.1, 0.15) is 18.4 Å². The van der Waals surface area contributed by atoms with Crippen LogP contribution in [0.1, 0.15) is 12.8 Å². The van der Waals surface area contributed by atoms with Crippen LogP contribution >= 0.6 is 11.6 Å². The van der Waals surface area contributed by atoms with Crippen LogP contribution in [0.25, 0.3) is 5.82 Å². The lowest BCUT2D eigenvalue weighted by Gasteiger charge is -2.32. The highest BCUT2D eigenvalue weighted by Gasteiger charge is 2.27. The second-order valence-corrected chi connectivity index (χ2v) is 7.12. The van der Waals surface area contributed by atoms with Gasteiger partial charge < -0.3 is 15.0 Å². The molecule has 1 fully saturated rings. The standard InChI is InChI=1S/C19H20ClN7O2/c1-29-16-5-4-14(9-15(16)20)23-19(28)13-3-2-8-26(10-13)17-6-7-18(25-24-17)27-12-21-11-22-27/h4-7,9,11-13H,2-3,8,10H2,1H3,(H,23,28). The summed E-state index contributed by atoms with van der Waals surface area (Å²) < 4.78 is 6.69. The smallest absolute Gasteiger partial charge is 0.229 e. The highest BCUT2D eigenvalue weighted by molar-refractivity contribution is 6.32. The predicted octanol–water partition coefficient (Wildman–Crippen LogP) is 2.57. The minimum atomic E-state index is -0.151. The van der Waals surface area contributed by atoms with E-state index in [4.69, 9.17) is 16.3 Å². The largest absolute Gasteiger partial charge is 0.495 e. The molecule has 29 heavy (non-hydrogen) atoms. The van der Waals surface area contributed by atoms with E-state index in [1.807, 2.05) is 12.1 Å². The first-order valence-corrected chi connectivity index (χ1v) is 9.60. The van der Waals surface area contributed by atoms with Crippen molar-refractivity contribution in [2.45, 2.75) is 12.8 Å². The molecule has 0 spiro atoms. The number of carbonyl (C=O) groups is 1. The molecule has 10 heteroatoms. The van der Waals surface area contributed by atoms with Gasteiger partial charge in [-0.1, -0.05) is 11.6 Å². The predicted molar refractivity (Wildman–Crippen MR) is 109 cm³/mol. The summed E-state index contributed by atoms with van der Waals surface area (Å²) in [5, 5.41) is 15.9. The normalized spacial score (nSPS) is 16.5. The van der Waals surface area contributed by atoms with Crippen molar-refractivity contribution in [2.24, 2.45) is 5.92 Å². The van der Waals surface area contributed by atoms with Crippen LogP contribution in [0.4, 0.5) is 11.5 Å². The maximum Gasteiger partial charge on any atom is 0.229 e. The van der Waals surface area contributed by atoms with E-state index < -0.39 is 0 Å². The fourth-order valence-electron chi connectivity index (χ4n) is 3.32. The van der Waals surface area contributed by atoms with Crippen LogP contribution in [-0.2, 0) is 4.79 Å². The molecule has 1 saturated heterocycles. The van der Waals surface area contributed by atoms with E-state index >= 15 is 0 Å². The zero-order valence-electron chi connectivity index (χ0n) is 15.8. The number of rotatable bonds is 5. The molecular weight excluding hydrogens is 394 g/mol. The molecule has 4 rings (SSSR count). The molecule has 0 radical (unpaired) electrons. The number of aromatic nitrogens is 5. The van der Waals surface area contributed by atoms with Crippen molar-refractivity contribution in [3.63, 3.8) is 0 Å². The zero-order chi connectivity index (χ0) is 20.2. The van der Waals surface area contributed by atoms with Crippen molar-refractivity contribution in [1.29, 1.82) is 0 Å². The van der Waals surface area contributed by atoms with Gasteiger partial charge in [0.05, 0.1) is 18.1 Å². The Bertz CT molecular complexity index is 979. The number of ether oxygens (including phenoxy) is 1. The van der Waals surface area contributed by atoms with Crippen LogP contribution in [-0.4, -0.2) is 51.1 Å². The lowest BCUT2D eigenvalue weighted by molar-refractivity contribution is -0.120. The minimum absolute atomic E-state index is 0.0388. The first-order valence-electron chi connectivity index (χ1n) is 9.22. The molecular formula is C19H20ClN7O2. The molecule has 1 N–H and O–H groups in total. The Labute approximate surface area is 172 Å². The maximum atomic E-state index is 12.8. The van der Waals surface area contributed by atoms with Crippen LogP contribution in [0.15, 0.2) is 43.0 Å². The Morgan fingerprint density at radius 2 is 2.07 bits per heavy atom. The number of amides is 1. The third kappa shape index (κ3) is 4.29. The zero-order valence-corrected chi connectivity index (χ0v) is 16.6. The van der Waals surface area contributed by atoms with Gasteiger partial charge in [0.25, 0.3) is 0 Å². The lowest BCUT2D eigenvalue weighted by Crippen LogP contribution is -2.41. The first kappa shape index (κ1) is 19.1. The van der Waals surface area contributed by atoms with Crippen molar-refractivity contribution < 1.29 is 9.53 Å². The number of piperidine rings is 1. The molecule has 150 valence electrons. The number of halogens is 1. The Morgan fingerprint density at radius 1 is 1.24 bits per heavy atom. The van der Waals surface area contributed by atoms with Gasteiger partial charge >= 0.3 is 0 Å². The summed E-state index contributed by atoms with van der Waals surface area (Å²) in [7, 11) is 1.55. The molecule has 1 aliphatic heterocycles. The molecule has 1 aliphatic rings. The number of nitrogens with zero attached hydrogens (tertiary/aromatic N) is 6. The van der Waals surface area contributed by atoms with Gasteiger partial charge in [-0.25, -0.2) is 9.67 Å². The highest BCUT2D eigenvalue weighted by Crippen LogP contribution is 2.28. The van der Waals surface area contributed by atoms with Gasteiger partial charge in [-0.2, -0.15) is 5.10 Å². The average Bonchev–Trinajstić information content (AvgIpc) is 3.29. The molecule has 0 saturated carbocycles. The SMILES string of the molecule is COc1ccc(NC(=O)C2CCCN(c3ccc(-n4cncn4)nn3)C2)cc1Cl. The quantitative estimate of drug-likeness (QED) is 0.686. The molecule has 0 bridgehead atoms. The molecule has 1 amide bonds. The van der Waals surface area contributed by atoms with Crippen LogP contribution in [0.2, 0.25) is 5.02 Å². The summed E-state index contributed by atoms with van der Waals surface area (Å²) in [6.45, 7) is 1.41. The molecule has 2 aromatic heterocycles. The average molecular weight is 414 g/mol. The van der Waals surface area contributed by atoms with Crippen molar-refractivity contribution in [3.05, 3.63) is 48.0 Å². The molecule has 1 unspecified atom stereocenters. The van der Waals surface area contributed by atoms with E-state index in [-0.39, 0.29) is 11.8 Å². The van der Waals surface area contributed by atoms with Crippen molar-refractivity contribution in [1.82, 2.24) is 25.0 Å². The molecule has 1 aromatic carbocycles. The van der Waals surface area contributed by atoms with Crippen LogP contribution in [0.5, 0.6) is 5.75 Å². The van der Waals surface area contributed by atoms with Crippen LogP contribution in [0.3, 0.4) is 0 Å². The van der Waals surface area contributed by atoms with Crippen molar-refractivity contribution in [2.75, 3.05) is 30.4 Å². The van der Waals surface area contributed by atoms with E-state index in [1.54, 1.807) is 36.3 Å². The van der Waals surface area contributed by atoms with Crippen molar-refractivity contribution in [3.8, 4) is 11.6 Å². The van der Waals surface area contributed by atoms with Gasteiger partial charge in [-0.15, -0.1) is 10.2 Å². The number of anilines is 2. The second-order valence-electron chi connectivity index (χ2n) is 6.71. The van der Waals surface area contributed by atoms with Gasteiger partial charge in [0, 0.05) is 18.8 Å². The summed E-state index contributed by atoms with van der Waals surface area (Å²) in [6.07, 6.45) is 4.72. The number of nitrogens with one attached hydrogen (secondary N) is 1. The number of carbonyl (C=O) groups excluding carboxylic acids is 1. The third-order valence-corrected chi connectivity index (χ3v) is 5.12. The van der Waals surface area contributed by atoms with E-state index in [1.165, 1.54) is 6.33 Å². The molecule has 1 atom stereocenters. The van der Waals surface area contributed by atoms with E-state index in [9.17, 15) is 4.79 Å².